The molecule has 0 fully saturated rings. The molecule has 3 nitrogen and oxygen atoms in total. The number of aromatic hydroxyl groups is 1. The van der Waals surface area contributed by atoms with E-state index in [0.717, 1.165) is 10.0 Å². The number of benzene rings is 1. The average molecular weight is 261 g/mol. The molecule has 0 aliphatic rings. The first-order valence-corrected chi connectivity index (χ1v) is 5.07. The number of hydrogen-bond acceptors (Lipinski definition) is 3. The highest BCUT2D eigenvalue weighted by atomic mass is 79.9. The molecular weight excluding hydrogens is 248 g/mol. The Kier molecular flexibility index (Phi) is 3.77. The van der Waals surface area contributed by atoms with E-state index in [1.54, 1.807) is 19.1 Å². The molecule has 0 saturated heterocycles. The van der Waals surface area contributed by atoms with Gasteiger partial charge >= 0.3 is 0 Å². The summed E-state index contributed by atoms with van der Waals surface area (Å²) >= 11 is 3.31. The van der Waals surface area contributed by atoms with E-state index in [2.05, 4.69) is 15.9 Å². The predicted octanol–water partition coefficient (Wildman–Crippen LogP) is 2.09. The van der Waals surface area contributed by atoms with Crippen molar-refractivity contribution in [2.75, 3.05) is 7.11 Å². The van der Waals surface area contributed by atoms with Gasteiger partial charge in [-0.3, -0.25) is 0 Å². The van der Waals surface area contributed by atoms with Gasteiger partial charge in [0.05, 0.1) is 13.2 Å². The van der Waals surface area contributed by atoms with E-state index >= 15 is 0 Å². The van der Waals surface area contributed by atoms with E-state index in [9.17, 15) is 10.2 Å². The van der Waals surface area contributed by atoms with Gasteiger partial charge in [0.2, 0.25) is 0 Å². The van der Waals surface area contributed by atoms with Crippen LogP contribution in [0.1, 0.15) is 12.5 Å². The second-order valence-corrected chi connectivity index (χ2v) is 4.02. The highest BCUT2D eigenvalue weighted by Gasteiger charge is 2.09. The van der Waals surface area contributed by atoms with Gasteiger partial charge in [0, 0.05) is 4.47 Å². The molecule has 0 aromatic heterocycles. The van der Waals surface area contributed by atoms with Crippen LogP contribution < -0.4 is 4.74 Å². The van der Waals surface area contributed by atoms with Gasteiger partial charge in [-0.1, -0.05) is 15.9 Å². The minimum atomic E-state index is -0.416. The quantitative estimate of drug-likeness (QED) is 0.875. The first-order valence-electron chi connectivity index (χ1n) is 4.28. The van der Waals surface area contributed by atoms with Gasteiger partial charge in [0.15, 0.2) is 11.5 Å². The van der Waals surface area contributed by atoms with Crippen LogP contribution in [0.15, 0.2) is 16.6 Å². The lowest BCUT2D eigenvalue weighted by molar-refractivity contribution is 0.195. The molecule has 0 bridgehead atoms. The molecule has 1 atom stereocenters. The maximum absolute atomic E-state index is 9.43. The van der Waals surface area contributed by atoms with Crippen LogP contribution in [-0.4, -0.2) is 23.4 Å². The summed E-state index contributed by atoms with van der Waals surface area (Å²) in [5.74, 6) is 0.512. The Hall–Kier alpha value is -0.740. The summed E-state index contributed by atoms with van der Waals surface area (Å²) in [6.07, 6.45) is 0.109. The van der Waals surface area contributed by atoms with Gasteiger partial charge in [0.1, 0.15) is 0 Å². The maximum atomic E-state index is 9.43. The number of aliphatic hydroxyl groups is 1. The molecule has 0 aliphatic carbocycles. The van der Waals surface area contributed by atoms with E-state index in [1.165, 1.54) is 7.11 Å². The highest BCUT2D eigenvalue weighted by molar-refractivity contribution is 9.10. The van der Waals surface area contributed by atoms with Crippen molar-refractivity contribution in [3.8, 4) is 11.5 Å². The molecule has 78 valence electrons. The summed E-state index contributed by atoms with van der Waals surface area (Å²) in [6.45, 7) is 1.71. The van der Waals surface area contributed by atoms with Crippen molar-refractivity contribution in [3.63, 3.8) is 0 Å². The fourth-order valence-corrected chi connectivity index (χ4v) is 1.72. The summed E-state index contributed by atoms with van der Waals surface area (Å²) in [6, 6.07) is 3.28. The van der Waals surface area contributed by atoms with Crippen molar-refractivity contribution in [1.82, 2.24) is 0 Å². The first-order chi connectivity index (χ1) is 6.54. The number of rotatable bonds is 3. The van der Waals surface area contributed by atoms with Crippen molar-refractivity contribution >= 4 is 15.9 Å². The zero-order valence-electron chi connectivity index (χ0n) is 8.12. The molecule has 14 heavy (non-hydrogen) atoms. The van der Waals surface area contributed by atoms with Crippen LogP contribution in [0.2, 0.25) is 0 Å². The lowest BCUT2D eigenvalue weighted by Gasteiger charge is -2.10. The van der Waals surface area contributed by atoms with Crippen molar-refractivity contribution < 1.29 is 14.9 Å². The minimum Gasteiger partial charge on any atom is -0.504 e. The van der Waals surface area contributed by atoms with E-state index in [1.807, 2.05) is 0 Å². The van der Waals surface area contributed by atoms with Crippen LogP contribution in [-0.2, 0) is 6.42 Å². The van der Waals surface area contributed by atoms with Gasteiger partial charge in [0.25, 0.3) is 0 Å². The predicted molar refractivity (Wildman–Crippen MR) is 57.7 cm³/mol. The van der Waals surface area contributed by atoms with Crippen molar-refractivity contribution in [2.45, 2.75) is 19.4 Å². The highest BCUT2D eigenvalue weighted by Crippen LogP contribution is 2.32. The van der Waals surface area contributed by atoms with Gasteiger partial charge in [-0.15, -0.1) is 0 Å². The number of halogens is 1. The molecule has 1 rings (SSSR count). The van der Waals surface area contributed by atoms with Crippen LogP contribution in [0, 0.1) is 0 Å². The third-order valence-electron chi connectivity index (χ3n) is 1.86. The topological polar surface area (TPSA) is 49.7 Å². The van der Waals surface area contributed by atoms with E-state index in [-0.39, 0.29) is 5.75 Å². The molecule has 1 aromatic carbocycles. The Morgan fingerprint density at radius 3 is 2.64 bits per heavy atom. The molecule has 0 radical (unpaired) electrons. The van der Waals surface area contributed by atoms with Crippen molar-refractivity contribution in [2.24, 2.45) is 0 Å². The molecular formula is C10H13BrO3. The largest absolute Gasteiger partial charge is 0.504 e. The lowest BCUT2D eigenvalue weighted by Crippen LogP contribution is -2.05. The van der Waals surface area contributed by atoms with Gasteiger partial charge in [-0.2, -0.15) is 0 Å². The number of phenols is 1. The number of methoxy groups -OCH3 is 1. The number of phenolic OH excluding ortho intramolecular Hbond substituents is 1. The minimum absolute atomic E-state index is 0.0914. The van der Waals surface area contributed by atoms with Crippen LogP contribution >= 0.6 is 15.9 Å². The second kappa shape index (κ2) is 4.66. The van der Waals surface area contributed by atoms with Crippen molar-refractivity contribution in [3.05, 3.63) is 22.2 Å². The maximum Gasteiger partial charge on any atom is 0.160 e. The number of hydrogen-bond donors (Lipinski definition) is 2. The lowest BCUT2D eigenvalue weighted by atomic mass is 10.1. The fourth-order valence-electron chi connectivity index (χ4n) is 1.22. The van der Waals surface area contributed by atoms with Crippen LogP contribution in [0.3, 0.4) is 0 Å². The third kappa shape index (κ3) is 2.62. The van der Waals surface area contributed by atoms with Crippen LogP contribution in [0.4, 0.5) is 0 Å². The zero-order chi connectivity index (χ0) is 10.7. The van der Waals surface area contributed by atoms with Crippen LogP contribution in [0.5, 0.6) is 11.5 Å². The zero-order valence-corrected chi connectivity index (χ0v) is 9.71. The summed E-state index contributed by atoms with van der Waals surface area (Å²) in [7, 11) is 1.50. The monoisotopic (exact) mass is 260 g/mol. The van der Waals surface area contributed by atoms with E-state index < -0.39 is 6.10 Å². The van der Waals surface area contributed by atoms with Gasteiger partial charge < -0.3 is 14.9 Å². The van der Waals surface area contributed by atoms with Crippen LogP contribution in [0.25, 0.3) is 0 Å². The Morgan fingerprint density at radius 2 is 2.14 bits per heavy atom. The summed E-state index contributed by atoms with van der Waals surface area (Å²) in [5.41, 5.74) is 0.912. The molecule has 2 N–H and O–H groups in total. The smallest absolute Gasteiger partial charge is 0.160 e. The number of ether oxygens (including phenoxy) is 1. The molecule has 0 aliphatic heterocycles. The second-order valence-electron chi connectivity index (χ2n) is 3.17. The molecule has 0 saturated carbocycles. The standard InChI is InChI=1S/C10H13BrO3/c1-6(12)3-7-4-10(14-2)9(13)5-8(7)11/h4-6,12-13H,3H2,1-2H3. The molecule has 1 aromatic rings. The molecule has 0 amide bonds. The first kappa shape index (κ1) is 11.3. The average Bonchev–Trinajstić information content (AvgIpc) is 2.09. The number of aliphatic hydroxyl groups excluding tert-OH is 1. The van der Waals surface area contributed by atoms with E-state index in [4.69, 9.17) is 4.74 Å². The normalized spacial score (nSPS) is 12.6. The molecule has 0 spiro atoms. The Morgan fingerprint density at radius 1 is 1.50 bits per heavy atom. The third-order valence-corrected chi connectivity index (χ3v) is 2.60. The van der Waals surface area contributed by atoms with Gasteiger partial charge in [-0.05, 0) is 31.0 Å². The molecule has 0 heterocycles. The Balaban J connectivity index is 3.04. The summed E-state index contributed by atoms with van der Waals surface area (Å²) in [5, 5.41) is 18.7. The van der Waals surface area contributed by atoms with Crippen molar-refractivity contribution in [1.29, 1.82) is 0 Å². The molecule has 1 unspecified atom stereocenters. The SMILES string of the molecule is COc1cc(CC(C)O)c(Br)cc1O. The fraction of sp³-hybridized carbons (Fsp3) is 0.400. The Labute approximate surface area is 91.5 Å². The Bertz CT molecular complexity index is 323. The summed E-state index contributed by atoms with van der Waals surface area (Å²) in [4.78, 5) is 0. The van der Waals surface area contributed by atoms with Gasteiger partial charge in [-0.25, -0.2) is 0 Å². The van der Waals surface area contributed by atoms with E-state index in [0.29, 0.717) is 12.2 Å². The summed E-state index contributed by atoms with van der Waals surface area (Å²) < 4.78 is 5.74. The molecule has 4 heteroatoms.